The Bertz CT molecular complexity index is 645. The Balaban J connectivity index is 1.65. The Morgan fingerprint density at radius 1 is 1.04 bits per heavy atom. The van der Waals surface area contributed by atoms with Gasteiger partial charge in [-0.15, -0.1) is 0 Å². The SMILES string of the molecule is CCCC([Se]c1ccccc1)C1CC([Se]c2ccccc2)C(=O)O1. The van der Waals surface area contributed by atoms with Crippen LogP contribution in [0.2, 0.25) is 9.63 Å². The molecule has 1 aliphatic heterocycles. The molecule has 126 valence electrons. The summed E-state index contributed by atoms with van der Waals surface area (Å²) in [4.78, 5) is 12.9. The van der Waals surface area contributed by atoms with Crippen molar-refractivity contribution in [3.8, 4) is 0 Å². The molecule has 1 heterocycles. The summed E-state index contributed by atoms with van der Waals surface area (Å²) in [5, 5.41) is 0. The molecule has 0 N–H and O–H groups in total. The van der Waals surface area contributed by atoms with Crippen molar-refractivity contribution >= 4 is 44.8 Å². The fourth-order valence-electron chi connectivity index (χ4n) is 2.85. The van der Waals surface area contributed by atoms with Crippen LogP contribution in [0.5, 0.6) is 0 Å². The van der Waals surface area contributed by atoms with Crippen LogP contribution < -0.4 is 8.92 Å². The Kier molecular flexibility index (Phi) is 6.57. The summed E-state index contributed by atoms with van der Waals surface area (Å²) in [6.07, 6.45) is 3.28. The van der Waals surface area contributed by atoms with Crippen LogP contribution in [0.4, 0.5) is 0 Å². The van der Waals surface area contributed by atoms with Gasteiger partial charge in [0.05, 0.1) is 0 Å². The molecule has 3 unspecified atom stereocenters. The van der Waals surface area contributed by atoms with Gasteiger partial charge in [0.1, 0.15) is 0 Å². The van der Waals surface area contributed by atoms with Gasteiger partial charge in [-0.3, -0.25) is 0 Å². The number of esters is 1. The quantitative estimate of drug-likeness (QED) is 0.477. The molecule has 4 heteroatoms. The molecule has 3 atom stereocenters. The maximum atomic E-state index is 12.4. The second-order valence-electron chi connectivity index (χ2n) is 5.89. The van der Waals surface area contributed by atoms with Crippen molar-refractivity contribution in [2.45, 2.75) is 41.9 Å². The van der Waals surface area contributed by atoms with E-state index in [1.165, 1.54) is 8.92 Å². The number of carbonyl (C=O) groups excluding carboxylic acids is 1. The van der Waals surface area contributed by atoms with E-state index in [4.69, 9.17) is 4.74 Å². The molecule has 0 radical (unpaired) electrons. The van der Waals surface area contributed by atoms with E-state index in [-0.39, 0.29) is 31.8 Å². The number of carbonyl (C=O) groups is 1. The zero-order valence-electron chi connectivity index (χ0n) is 13.8. The van der Waals surface area contributed by atoms with Crippen LogP contribution in [0.15, 0.2) is 60.7 Å². The normalized spacial score (nSPS) is 21.5. The predicted molar refractivity (Wildman–Crippen MR) is 101 cm³/mol. The zero-order chi connectivity index (χ0) is 16.8. The van der Waals surface area contributed by atoms with Crippen LogP contribution >= 0.6 is 0 Å². The maximum absolute atomic E-state index is 12.4. The van der Waals surface area contributed by atoms with Gasteiger partial charge in [0.15, 0.2) is 0 Å². The van der Waals surface area contributed by atoms with Gasteiger partial charge < -0.3 is 0 Å². The Hall–Kier alpha value is -1.05. The minimum absolute atomic E-state index is 0.0221. The van der Waals surface area contributed by atoms with Crippen molar-refractivity contribution in [1.82, 2.24) is 0 Å². The van der Waals surface area contributed by atoms with Gasteiger partial charge in [-0.2, -0.15) is 0 Å². The number of cyclic esters (lactones) is 1. The molecule has 0 bridgehead atoms. The first-order chi connectivity index (χ1) is 11.8. The first kappa shape index (κ1) is 17.8. The first-order valence-electron chi connectivity index (χ1n) is 8.40. The monoisotopic (exact) mass is 454 g/mol. The fourth-order valence-corrected chi connectivity index (χ4v) is 7.92. The van der Waals surface area contributed by atoms with Gasteiger partial charge in [-0.1, -0.05) is 0 Å². The van der Waals surface area contributed by atoms with E-state index in [1.54, 1.807) is 0 Å². The molecule has 0 amide bonds. The van der Waals surface area contributed by atoms with Crippen molar-refractivity contribution in [2.75, 3.05) is 0 Å². The molecule has 3 rings (SSSR count). The molecule has 1 aliphatic rings. The third kappa shape index (κ3) is 4.74. The van der Waals surface area contributed by atoms with Gasteiger partial charge >= 0.3 is 157 Å². The molecule has 2 aromatic carbocycles. The topological polar surface area (TPSA) is 26.3 Å². The van der Waals surface area contributed by atoms with E-state index < -0.39 is 0 Å². The first-order valence-corrected chi connectivity index (χ1v) is 12.1. The number of rotatable bonds is 7. The third-order valence-electron chi connectivity index (χ3n) is 4.02. The van der Waals surface area contributed by atoms with E-state index in [1.807, 2.05) is 18.2 Å². The summed E-state index contributed by atoms with van der Waals surface area (Å²) in [6, 6.07) is 21.0. The Morgan fingerprint density at radius 2 is 1.67 bits per heavy atom. The van der Waals surface area contributed by atoms with Crippen molar-refractivity contribution in [3.63, 3.8) is 0 Å². The number of benzene rings is 2. The van der Waals surface area contributed by atoms with Crippen molar-refractivity contribution in [1.29, 1.82) is 0 Å². The van der Waals surface area contributed by atoms with E-state index in [0.29, 0.717) is 19.8 Å². The zero-order valence-corrected chi connectivity index (χ0v) is 17.2. The van der Waals surface area contributed by atoms with Crippen molar-refractivity contribution in [2.24, 2.45) is 0 Å². The summed E-state index contributed by atoms with van der Waals surface area (Å²) in [5.41, 5.74) is 0. The molecule has 0 spiro atoms. The summed E-state index contributed by atoms with van der Waals surface area (Å²) in [5.74, 6) is 0.0221. The van der Waals surface area contributed by atoms with Crippen LogP contribution in [-0.2, 0) is 9.53 Å². The van der Waals surface area contributed by atoms with Gasteiger partial charge in [-0.05, 0) is 0 Å². The summed E-state index contributed by atoms with van der Waals surface area (Å²) >= 11 is 0.528. The van der Waals surface area contributed by atoms with Crippen LogP contribution in [0.25, 0.3) is 0 Å². The molecule has 0 aliphatic carbocycles. The van der Waals surface area contributed by atoms with E-state index in [9.17, 15) is 4.79 Å². The molecule has 0 saturated carbocycles. The average Bonchev–Trinajstić information content (AvgIpc) is 2.97. The van der Waals surface area contributed by atoms with E-state index >= 15 is 0 Å². The second-order valence-corrected chi connectivity index (χ2v) is 11.3. The third-order valence-corrected chi connectivity index (χ3v) is 9.47. The van der Waals surface area contributed by atoms with Crippen LogP contribution in [0, 0.1) is 0 Å². The fraction of sp³-hybridized carbons (Fsp3) is 0.350. The van der Waals surface area contributed by atoms with Gasteiger partial charge in [0, 0.05) is 0 Å². The van der Waals surface area contributed by atoms with Crippen molar-refractivity contribution < 1.29 is 9.53 Å². The Morgan fingerprint density at radius 3 is 2.29 bits per heavy atom. The van der Waals surface area contributed by atoms with Crippen LogP contribution in [0.3, 0.4) is 0 Å². The summed E-state index contributed by atoms with van der Waals surface area (Å²) in [7, 11) is 0. The number of hydrogen-bond donors (Lipinski definition) is 0. The summed E-state index contributed by atoms with van der Waals surface area (Å²) < 4.78 is 8.51. The predicted octanol–water partition coefficient (Wildman–Crippen LogP) is 2.74. The molecular weight excluding hydrogens is 430 g/mol. The molecule has 2 aromatic rings. The average molecular weight is 452 g/mol. The van der Waals surface area contributed by atoms with Crippen molar-refractivity contribution in [3.05, 3.63) is 60.7 Å². The molecule has 1 saturated heterocycles. The standard InChI is InChI=1S/C20H22O2Se2/c1-2-9-18(23-15-10-5-3-6-11-15)17-14-19(20(21)22-17)24-16-12-7-4-8-13-16/h3-8,10-13,17-19H,2,9,14H2,1H3. The molecule has 1 fully saturated rings. The Labute approximate surface area is 156 Å². The van der Waals surface area contributed by atoms with Crippen LogP contribution in [0.1, 0.15) is 26.2 Å². The molecule has 24 heavy (non-hydrogen) atoms. The molecule has 2 nitrogen and oxygen atoms in total. The summed E-state index contributed by atoms with van der Waals surface area (Å²) in [6.45, 7) is 2.22. The van der Waals surface area contributed by atoms with Gasteiger partial charge in [-0.25, -0.2) is 0 Å². The number of hydrogen-bond acceptors (Lipinski definition) is 2. The molecule has 0 aromatic heterocycles. The minimum atomic E-state index is 0.0221. The second kappa shape index (κ2) is 8.87. The molecular formula is C20H22O2Se2. The van der Waals surface area contributed by atoms with E-state index in [2.05, 4.69) is 49.4 Å². The van der Waals surface area contributed by atoms with Crippen LogP contribution in [-0.4, -0.2) is 42.0 Å². The van der Waals surface area contributed by atoms with Gasteiger partial charge in [0.25, 0.3) is 0 Å². The van der Waals surface area contributed by atoms with Gasteiger partial charge in [0.2, 0.25) is 0 Å². The number of ether oxygens (including phenoxy) is 1. The van der Waals surface area contributed by atoms with E-state index in [0.717, 1.165) is 19.3 Å².